The van der Waals surface area contributed by atoms with Crippen LogP contribution in [0.25, 0.3) is 0 Å². The number of methoxy groups -OCH3 is 1. The number of alkyl carbamates (subject to hydrolysis) is 1. The minimum atomic E-state index is -1.04. The molecule has 2 fully saturated rings. The highest BCUT2D eigenvalue weighted by molar-refractivity contribution is 6.32. The first-order valence-electron chi connectivity index (χ1n) is 21.4. The molecule has 17 heteroatoms. The minimum Gasteiger partial charge on any atom is -0.495 e. The van der Waals surface area contributed by atoms with Gasteiger partial charge in [-0.3, -0.25) is 28.9 Å². The summed E-state index contributed by atoms with van der Waals surface area (Å²) in [6, 6.07) is 4.57. The number of aliphatic hydroxyl groups excluding tert-OH is 1. The molecule has 7 atom stereocenters. The van der Waals surface area contributed by atoms with E-state index in [1.54, 1.807) is 27.0 Å². The number of esters is 1. The van der Waals surface area contributed by atoms with Gasteiger partial charge in [0.1, 0.15) is 29.6 Å². The molecule has 1 aromatic carbocycles. The van der Waals surface area contributed by atoms with Gasteiger partial charge in [0.2, 0.25) is 11.8 Å². The zero-order chi connectivity index (χ0) is 48.1. The number of carbonyl (C=O) groups excluding carboxylic acids is 7. The fourth-order valence-electron chi connectivity index (χ4n) is 7.23. The Balaban J connectivity index is 0.00000162. The summed E-state index contributed by atoms with van der Waals surface area (Å²) < 4.78 is 23.1. The highest BCUT2D eigenvalue weighted by Crippen LogP contribution is 2.48. The number of hydrogen-bond donors (Lipinski definition) is 3. The molecule has 3 heterocycles. The van der Waals surface area contributed by atoms with Crippen molar-refractivity contribution in [2.45, 2.75) is 129 Å². The molecule has 0 radical (unpaired) electrons. The highest BCUT2D eigenvalue weighted by atomic mass is 35.5. The lowest BCUT2D eigenvalue weighted by Crippen LogP contribution is -2.49. The van der Waals surface area contributed by atoms with Crippen molar-refractivity contribution in [1.82, 2.24) is 20.4 Å². The van der Waals surface area contributed by atoms with Gasteiger partial charge in [0.15, 0.2) is 5.78 Å². The lowest BCUT2D eigenvalue weighted by atomic mass is 9.85. The van der Waals surface area contributed by atoms with Crippen molar-refractivity contribution in [3.05, 3.63) is 76.9 Å². The molecule has 0 aromatic heterocycles. The van der Waals surface area contributed by atoms with Gasteiger partial charge < -0.3 is 39.6 Å². The predicted molar refractivity (Wildman–Crippen MR) is 242 cm³/mol. The molecule has 0 saturated carbocycles. The van der Waals surface area contributed by atoms with Crippen molar-refractivity contribution in [3.63, 3.8) is 0 Å². The molecular formula is C47H67ClN4O12. The number of imide groups is 1. The lowest BCUT2D eigenvalue weighted by molar-refractivity contribution is -0.162. The second-order valence-corrected chi connectivity index (χ2v) is 16.4. The monoisotopic (exact) mass is 914 g/mol. The number of nitrogens with zero attached hydrogens (tertiary/aromatic N) is 2. The molecule has 16 nitrogen and oxygen atoms in total. The number of cyclic esters (lactones) is 1. The summed E-state index contributed by atoms with van der Waals surface area (Å²) in [5, 5.41) is 13.0. The molecule has 0 aliphatic carbocycles. The summed E-state index contributed by atoms with van der Waals surface area (Å²) in [4.78, 5) is 87.4. The van der Waals surface area contributed by atoms with Crippen LogP contribution in [0.15, 0.2) is 66.3 Å². The standard InChI is InChI=1S/C41H55ClN4O10.C5H8O.CH4O/c1-25(21-28-16-17-30(42)32(22-28)53-7)13-10-11-14-29-23-31(54-40(52)44-29)26(2)38-41(4,56-38)33(24-34(47)43-5)55-39(51)27(3)45(6)35(48)15-9-8-12-20-46-36(49)18-19-37(46)50;1-3-4-5(2)6;1-2/h10-11,13,16-19,22,26-27,29,31,33,38H,8-9,12,14-15,20-21,23-24H2,1-7H3,(H,43,47)(H,44,52);3-4H,1-2H3;2H,1H3/b11-10+,25-13+;4-3-;/t26-,27-,29?,31?,33+,38?,41?;;/m1../s1. The van der Waals surface area contributed by atoms with E-state index in [1.807, 2.05) is 57.2 Å². The number of aliphatic hydroxyl groups is 1. The predicted octanol–water partition coefficient (Wildman–Crippen LogP) is 5.58. The van der Waals surface area contributed by atoms with Crippen LogP contribution in [0, 0.1) is 5.92 Å². The van der Waals surface area contributed by atoms with Gasteiger partial charge in [-0.2, -0.15) is 0 Å². The van der Waals surface area contributed by atoms with Crippen molar-refractivity contribution in [2.75, 3.05) is 34.9 Å². The summed E-state index contributed by atoms with van der Waals surface area (Å²) in [6.07, 6.45) is 12.8. The SMILES string of the molecule is C/C=C\C(C)=O.CNC(=O)C[C@H](OC(=O)[C@@H](C)N(C)C(=O)CCCCCN1C(=O)C=CC1=O)C1(C)OC1[C@H](C)C1CC(C/C=C/C=C(\C)Cc2ccc(Cl)c(OC)c2)NC(=O)O1.CO. The van der Waals surface area contributed by atoms with Gasteiger partial charge in [0, 0.05) is 64.7 Å². The van der Waals surface area contributed by atoms with E-state index in [1.165, 1.54) is 44.1 Å². The maximum absolute atomic E-state index is 13.4. The number of ketones is 1. The van der Waals surface area contributed by atoms with Gasteiger partial charge >= 0.3 is 12.1 Å². The first-order chi connectivity index (χ1) is 30.3. The molecule has 3 N–H and O–H groups in total. The van der Waals surface area contributed by atoms with E-state index >= 15 is 0 Å². The van der Waals surface area contributed by atoms with Crippen LogP contribution in [0.4, 0.5) is 4.79 Å². The number of rotatable bonds is 21. The Hall–Kier alpha value is -5.32. The van der Waals surface area contributed by atoms with Gasteiger partial charge in [-0.05, 0) is 84.1 Å². The summed E-state index contributed by atoms with van der Waals surface area (Å²) in [5.41, 5.74) is 1.17. The van der Waals surface area contributed by atoms with E-state index in [9.17, 15) is 33.6 Å². The van der Waals surface area contributed by atoms with E-state index in [2.05, 4.69) is 10.6 Å². The number of hydrogen-bond acceptors (Lipinski definition) is 12. The number of ether oxygens (including phenoxy) is 4. The maximum atomic E-state index is 13.4. The summed E-state index contributed by atoms with van der Waals surface area (Å²) in [5.74, 6) is -1.53. The van der Waals surface area contributed by atoms with Crippen LogP contribution in [-0.4, -0.2) is 127 Å². The number of unbranched alkanes of at least 4 members (excludes halogenated alkanes) is 2. The average molecular weight is 916 g/mol. The Morgan fingerprint density at radius 3 is 2.36 bits per heavy atom. The third-order valence-corrected chi connectivity index (χ3v) is 11.4. The van der Waals surface area contributed by atoms with Crippen LogP contribution >= 0.6 is 11.6 Å². The fraction of sp³-hybridized carbons (Fsp3) is 0.553. The minimum absolute atomic E-state index is 0.109. The molecule has 2 saturated heterocycles. The number of nitrogens with one attached hydrogen (secondary N) is 2. The zero-order valence-electron chi connectivity index (χ0n) is 38.8. The molecule has 354 valence electrons. The van der Waals surface area contributed by atoms with Crippen LogP contribution in [0.1, 0.15) is 92.1 Å². The van der Waals surface area contributed by atoms with Crippen molar-refractivity contribution in [3.8, 4) is 5.75 Å². The molecule has 4 unspecified atom stereocenters. The van der Waals surface area contributed by atoms with Crippen LogP contribution in [0.5, 0.6) is 5.75 Å². The van der Waals surface area contributed by atoms with Gasteiger partial charge in [-0.1, -0.05) is 60.9 Å². The molecule has 64 heavy (non-hydrogen) atoms. The second kappa shape index (κ2) is 27.1. The normalized spacial score (nSPS) is 21.7. The van der Waals surface area contributed by atoms with E-state index in [0.717, 1.165) is 29.6 Å². The van der Waals surface area contributed by atoms with E-state index in [4.69, 9.17) is 35.7 Å². The quantitative estimate of drug-likeness (QED) is 0.0345. The third-order valence-electron chi connectivity index (χ3n) is 11.1. The van der Waals surface area contributed by atoms with Crippen LogP contribution in [0.2, 0.25) is 5.02 Å². The van der Waals surface area contributed by atoms with Crippen molar-refractivity contribution in [2.24, 2.45) is 5.92 Å². The van der Waals surface area contributed by atoms with E-state index in [0.29, 0.717) is 42.9 Å². The Morgan fingerprint density at radius 1 is 1.09 bits per heavy atom. The van der Waals surface area contributed by atoms with Crippen molar-refractivity contribution >= 4 is 53.1 Å². The summed E-state index contributed by atoms with van der Waals surface area (Å²) in [7, 11) is 5.59. The number of halogens is 1. The average Bonchev–Trinajstić information content (AvgIpc) is 3.87. The van der Waals surface area contributed by atoms with Crippen molar-refractivity contribution < 1.29 is 57.6 Å². The molecule has 3 aliphatic rings. The van der Waals surface area contributed by atoms with Gasteiger partial charge in [-0.25, -0.2) is 9.59 Å². The first-order valence-corrected chi connectivity index (χ1v) is 21.8. The number of allylic oxidation sites excluding steroid dienone is 5. The Labute approximate surface area is 382 Å². The molecule has 3 aliphatic heterocycles. The maximum Gasteiger partial charge on any atom is 0.407 e. The molecule has 1 aromatic rings. The van der Waals surface area contributed by atoms with Gasteiger partial charge in [0.25, 0.3) is 11.8 Å². The van der Waals surface area contributed by atoms with Gasteiger partial charge in [0.05, 0.1) is 24.7 Å². The molecule has 5 amide bonds. The van der Waals surface area contributed by atoms with Crippen LogP contribution in [0.3, 0.4) is 0 Å². The third kappa shape index (κ3) is 17.0. The largest absolute Gasteiger partial charge is 0.495 e. The van der Waals surface area contributed by atoms with E-state index < -0.39 is 42.0 Å². The molecule has 0 spiro atoms. The molecular weight excluding hydrogens is 848 g/mol. The number of epoxide rings is 1. The molecule has 0 bridgehead atoms. The lowest BCUT2D eigenvalue weighted by Gasteiger charge is -2.33. The number of carbonyl (C=O) groups is 7. The Morgan fingerprint density at radius 2 is 1.77 bits per heavy atom. The Kier molecular flexibility index (Phi) is 23.2. The number of amides is 5. The first kappa shape index (κ1) is 54.8. The summed E-state index contributed by atoms with van der Waals surface area (Å²) >= 11 is 6.15. The summed E-state index contributed by atoms with van der Waals surface area (Å²) in [6.45, 7) is 10.9. The van der Waals surface area contributed by atoms with Crippen LogP contribution in [-0.2, 0) is 49.4 Å². The van der Waals surface area contributed by atoms with Gasteiger partial charge in [-0.15, -0.1) is 0 Å². The molecule has 4 rings (SSSR count). The highest BCUT2D eigenvalue weighted by Gasteiger charge is 2.63. The van der Waals surface area contributed by atoms with Crippen molar-refractivity contribution in [1.29, 1.82) is 0 Å². The Bertz CT molecular complexity index is 1900. The second-order valence-electron chi connectivity index (χ2n) is 16.0. The fourth-order valence-corrected chi connectivity index (χ4v) is 7.42. The topological polar surface area (TPSA) is 210 Å². The van der Waals surface area contributed by atoms with Crippen LogP contribution < -0.4 is 15.4 Å². The number of benzene rings is 1. The smallest absolute Gasteiger partial charge is 0.407 e. The zero-order valence-corrected chi connectivity index (χ0v) is 39.6. The van der Waals surface area contributed by atoms with E-state index in [-0.39, 0.29) is 60.8 Å². The number of likely N-dealkylation sites (N-methyl/N-ethyl adjacent to an activating group) is 1.